The molecule has 0 bridgehead atoms. The summed E-state index contributed by atoms with van der Waals surface area (Å²) < 4.78 is 34.8. The number of carbonyl (C=O) groups excluding carboxylic acids is 1. The predicted octanol–water partition coefficient (Wildman–Crippen LogP) is 0.208. The first kappa shape index (κ1) is 15.2. The van der Waals surface area contributed by atoms with Crippen LogP contribution < -0.4 is 4.72 Å². The van der Waals surface area contributed by atoms with E-state index in [1.807, 2.05) is 4.72 Å². The van der Waals surface area contributed by atoms with Gasteiger partial charge in [-0.2, -0.15) is 4.72 Å². The summed E-state index contributed by atoms with van der Waals surface area (Å²) in [6.07, 6.45) is 0. The Hall–Kier alpha value is -1.87. The number of furan rings is 1. The van der Waals surface area contributed by atoms with Crippen molar-refractivity contribution < 1.29 is 32.3 Å². The van der Waals surface area contributed by atoms with Crippen molar-refractivity contribution in [2.45, 2.75) is 25.0 Å². The Bertz CT molecular complexity index is 574. The van der Waals surface area contributed by atoms with Crippen LogP contribution in [0, 0.1) is 0 Å². The van der Waals surface area contributed by atoms with Crippen molar-refractivity contribution in [2.75, 3.05) is 6.61 Å². The van der Waals surface area contributed by atoms with E-state index in [-0.39, 0.29) is 12.4 Å². The number of ether oxygens (including phenoxy) is 1. The number of sulfonamides is 1. The van der Waals surface area contributed by atoms with Crippen LogP contribution in [0.4, 0.5) is 0 Å². The molecule has 8 nitrogen and oxygen atoms in total. The molecular weight excluding hydrogens is 278 g/mol. The molecule has 2 N–H and O–H groups in total. The van der Waals surface area contributed by atoms with Crippen LogP contribution in [-0.2, 0) is 19.6 Å². The third-order valence-electron chi connectivity index (χ3n) is 2.03. The van der Waals surface area contributed by atoms with Gasteiger partial charge in [-0.05, 0) is 26.0 Å². The molecule has 1 atom stereocenters. The van der Waals surface area contributed by atoms with Gasteiger partial charge in [-0.3, -0.25) is 4.79 Å². The number of carboxylic acid groups (broad SMARTS) is 1. The minimum Gasteiger partial charge on any atom is -0.480 e. The van der Waals surface area contributed by atoms with Crippen molar-refractivity contribution in [3.05, 3.63) is 17.9 Å². The first-order valence-electron chi connectivity index (χ1n) is 5.30. The fraction of sp³-hybridized carbons (Fsp3) is 0.400. The zero-order valence-electron chi connectivity index (χ0n) is 10.2. The number of hydrogen-bond acceptors (Lipinski definition) is 6. The Morgan fingerprint density at radius 2 is 2.11 bits per heavy atom. The topological polar surface area (TPSA) is 123 Å². The Labute approximate surface area is 109 Å². The number of hydrogen-bond donors (Lipinski definition) is 2. The number of rotatable bonds is 6. The van der Waals surface area contributed by atoms with Crippen molar-refractivity contribution in [1.82, 2.24) is 4.72 Å². The standard InChI is InChI=1S/C10H13NO7S/c1-3-17-10(14)7-4-5-8(18-7)19(15,16)11-6(2)9(12)13/h4-6,11H,3H2,1-2H3,(H,12,13)/t6-/m1/s1. The second-order valence-corrected chi connectivity index (χ2v) is 5.17. The average Bonchev–Trinajstić information content (AvgIpc) is 2.78. The molecule has 0 spiro atoms. The van der Waals surface area contributed by atoms with Crippen LogP contribution in [0.15, 0.2) is 21.6 Å². The van der Waals surface area contributed by atoms with E-state index in [4.69, 9.17) is 9.52 Å². The molecule has 0 amide bonds. The molecule has 9 heteroatoms. The Morgan fingerprint density at radius 1 is 1.47 bits per heavy atom. The lowest BCUT2D eigenvalue weighted by Gasteiger charge is -2.07. The van der Waals surface area contributed by atoms with E-state index in [1.165, 1.54) is 0 Å². The fourth-order valence-corrected chi connectivity index (χ4v) is 2.25. The maximum absolute atomic E-state index is 11.7. The molecule has 0 aromatic carbocycles. The van der Waals surface area contributed by atoms with E-state index in [1.54, 1.807) is 6.92 Å². The second kappa shape index (κ2) is 5.85. The molecule has 0 radical (unpaired) electrons. The maximum atomic E-state index is 11.7. The molecule has 0 saturated heterocycles. The van der Waals surface area contributed by atoms with Gasteiger partial charge < -0.3 is 14.3 Å². The molecule has 0 aliphatic carbocycles. The lowest BCUT2D eigenvalue weighted by Crippen LogP contribution is -2.38. The highest BCUT2D eigenvalue weighted by atomic mass is 32.2. The molecule has 0 unspecified atom stereocenters. The molecule has 0 aliphatic heterocycles. The second-order valence-electron chi connectivity index (χ2n) is 3.52. The number of carbonyl (C=O) groups is 2. The minimum absolute atomic E-state index is 0.121. The van der Waals surface area contributed by atoms with Crippen molar-refractivity contribution >= 4 is 22.0 Å². The lowest BCUT2D eigenvalue weighted by atomic mass is 10.4. The molecule has 0 fully saturated rings. The van der Waals surface area contributed by atoms with Crippen LogP contribution in [0.3, 0.4) is 0 Å². The van der Waals surface area contributed by atoms with E-state index in [0.717, 1.165) is 19.1 Å². The third-order valence-corrected chi connectivity index (χ3v) is 3.44. The predicted molar refractivity (Wildman–Crippen MR) is 62.1 cm³/mol. The Balaban J connectivity index is 2.91. The van der Waals surface area contributed by atoms with Gasteiger partial charge in [-0.1, -0.05) is 0 Å². The van der Waals surface area contributed by atoms with Gasteiger partial charge in [0.2, 0.25) is 10.9 Å². The summed E-state index contributed by atoms with van der Waals surface area (Å²) in [6.45, 7) is 2.87. The quantitative estimate of drug-likeness (QED) is 0.718. The van der Waals surface area contributed by atoms with Gasteiger partial charge in [-0.15, -0.1) is 0 Å². The van der Waals surface area contributed by atoms with Gasteiger partial charge in [0, 0.05) is 0 Å². The molecule has 1 rings (SSSR count). The highest BCUT2D eigenvalue weighted by Gasteiger charge is 2.25. The van der Waals surface area contributed by atoms with Gasteiger partial charge in [0.1, 0.15) is 6.04 Å². The summed E-state index contributed by atoms with van der Waals surface area (Å²) in [4.78, 5) is 21.9. The molecule has 1 aromatic heterocycles. The molecule has 0 aliphatic rings. The number of aliphatic carboxylic acids is 1. The fourth-order valence-electron chi connectivity index (χ4n) is 1.12. The highest BCUT2D eigenvalue weighted by Crippen LogP contribution is 2.15. The van der Waals surface area contributed by atoms with E-state index >= 15 is 0 Å². The monoisotopic (exact) mass is 291 g/mol. The SMILES string of the molecule is CCOC(=O)c1ccc(S(=O)(=O)N[C@H](C)C(=O)O)o1. The summed E-state index contributed by atoms with van der Waals surface area (Å²) in [5.41, 5.74) is 0. The third kappa shape index (κ3) is 3.80. The lowest BCUT2D eigenvalue weighted by molar-refractivity contribution is -0.138. The van der Waals surface area contributed by atoms with Crippen molar-refractivity contribution in [3.63, 3.8) is 0 Å². The molecule has 1 aromatic rings. The zero-order valence-corrected chi connectivity index (χ0v) is 11.1. The Kier molecular flexibility index (Phi) is 4.67. The molecule has 1 heterocycles. The highest BCUT2D eigenvalue weighted by molar-refractivity contribution is 7.89. The Morgan fingerprint density at radius 3 is 2.63 bits per heavy atom. The van der Waals surface area contributed by atoms with Crippen molar-refractivity contribution in [2.24, 2.45) is 0 Å². The van der Waals surface area contributed by atoms with Gasteiger partial charge in [0.05, 0.1) is 6.61 Å². The van der Waals surface area contributed by atoms with Gasteiger partial charge >= 0.3 is 11.9 Å². The number of nitrogens with one attached hydrogen (secondary N) is 1. The van der Waals surface area contributed by atoms with E-state index < -0.39 is 33.1 Å². The van der Waals surface area contributed by atoms with Crippen LogP contribution in [0.5, 0.6) is 0 Å². The number of esters is 1. The summed E-state index contributed by atoms with van der Waals surface area (Å²) in [7, 11) is -4.14. The molecule has 19 heavy (non-hydrogen) atoms. The van der Waals surface area contributed by atoms with Crippen LogP contribution in [0.2, 0.25) is 0 Å². The zero-order chi connectivity index (χ0) is 14.6. The van der Waals surface area contributed by atoms with Crippen LogP contribution in [0.1, 0.15) is 24.4 Å². The largest absolute Gasteiger partial charge is 0.480 e. The molecule has 106 valence electrons. The van der Waals surface area contributed by atoms with E-state index in [9.17, 15) is 18.0 Å². The summed E-state index contributed by atoms with van der Waals surface area (Å²) in [5, 5.41) is 8.07. The minimum atomic E-state index is -4.14. The normalized spacial score (nSPS) is 12.9. The van der Waals surface area contributed by atoms with Gasteiger partial charge in [0.25, 0.3) is 10.0 Å². The smallest absolute Gasteiger partial charge is 0.374 e. The van der Waals surface area contributed by atoms with Crippen LogP contribution >= 0.6 is 0 Å². The molecule has 0 saturated carbocycles. The van der Waals surface area contributed by atoms with E-state index in [2.05, 4.69) is 4.74 Å². The van der Waals surface area contributed by atoms with Gasteiger partial charge in [0.15, 0.2) is 0 Å². The molecular formula is C10H13NO7S. The first-order valence-corrected chi connectivity index (χ1v) is 6.78. The van der Waals surface area contributed by atoms with E-state index in [0.29, 0.717) is 0 Å². The van der Waals surface area contributed by atoms with Crippen molar-refractivity contribution in [3.8, 4) is 0 Å². The van der Waals surface area contributed by atoms with Crippen LogP contribution in [0.25, 0.3) is 0 Å². The number of carboxylic acids is 1. The first-order chi connectivity index (χ1) is 8.77. The van der Waals surface area contributed by atoms with Gasteiger partial charge in [-0.25, -0.2) is 13.2 Å². The maximum Gasteiger partial charge on any atom is 0.374 e. The average molecular weight is 291 g/mol. The summed E-state index contributed by atoms with van der Waals surface area (Å²) in [5.74, 6) is -2.40. The van der Waals surface area contributed by atoms with Crippen LogP contribution in [-0.4, -0.2) is 38.1 Å². The summed E-state index contributed by atoms with van der Waals surface area (Å²) >= 11 is 0. The van der Waals surface area contributed by atoms with Crippen molar-refractivity contribution in [1.29, 1.82) is 0 Å². The summed E-state index contributed by atoms with van der Waals surface area (Å²) in [6, 6.07) is 0.863.